The molecule has 0 aliphatic carbocycles. The number of anilines is 1. The molecule has 0 spiro atoms. The number of hydrogen-bond acceptors (Lipinski definition) is 4. The van der Waals surface area contributed by atoms with Gasteiger partial charge in [-0.3, -0.25) is 9.69 Å². The van der Waals surface area contributed by atoms with E-state index in [1.807, 2.05) is 24.3 Å². The molecule has 1 aromatic rings. The van der Waals surface area contributed by atoms with E-state index >= 15 is 0 Å². The lowest BCUT2D eigenvalue weighted by Crippen LogP contribution is -2.49. The van der Waals surface area contributed by atoms with E-state index in [0.29, 0.717) is 51.5 Å². The highest BCUT2D eigenvalue weighted by molar-refractivity contribution is 5.96. The van der Waals surface area contributed by atoms with Gasteiger partial charge in [0.1, 0.15) is 6.54 Å². The number of likely N-dealkylation sites (tertiary alicyclic amines) is 1. The van der Waals surface area contributed by atoms with Crippen LogP contribution in [-0.2, 0) is 9.53 Å². The zero-order valence-corrected chi connectivity index (χ0v) is 18.1. The Morgan fingerprint density at radius 3 is 2.37 bits per heavy atom. The third-order valence-corrected chi connectivity index (χ3v) is 5.69. The summed E-state index contributed by atoms with van der Waals surface area (Å²) in [6.07, 6.45) is 1.08. The number of amides is 4. The van der Waals surface area contributed by atoms with Gasteiger partial charge in [-0.05, 0) is 43.4 Å². The number of carbonyl (C=O) groups excluding carboxylic acids is 3. The molecule has 0 aromatic heterocycles. The standard InChI is InChI=1S/C22H32N4O4/c1-4-30-22(29)24-11-9-18(10-12-24)23-20(27)15-25-13-14-26(21(25)28)19-7-5-17(6-8-19)16(2)3/h5-8,16,18H,4,9-15H2,1-3H3,(H,23,27). The molecule has 0 radical (unpaired) electrons. The van der Waals surface area contributed by atoms with E-state index in [0.717, 1.165) is 5.69 Å². The summed E-state index contributed by atoms with van der Waals surface area (Å²) in [6, 6.07) is 7.90. The van der Waals surface area contributed by atoms with E-state index in [4.69, 9.17) is 4.74 Å². The molecule has 0 atom stereocenters. The zero-order valence-electron chi connectivity index (χ0n) is 18.1. The van der Waals surface area contributed by atoms with Crippen molar-refractivity contribution in [1.29, 1.82) is 0 Å². The maximum Gasteiger partial charge on any atom is 0.409 e. The summed E-state index contributed by atoms with van der Waals surface area (Å²) in [4.78, 5) is 41.9. The largest absolute Gasteiger partial charge is 0.450 e. The molecule has 30 heavy (non-hydrogen) atoms. The third kappa shape index (κ3) is 5.23. The van der Waals surface area contributed by atoms with Crippen LogP contribution in [0.5, 0.6) is 0 Å². The van der Waals surface area contributed by atoms with Crippen LogP contribution in [0.2, 0.25) is 0 Å². The minimum Gasteiger partial charge on any atom is -0.450 e. The molecular weight excluding hydrogens is 384 g/mol. The number of nitrogens with zero attached hydrogens (tertiary/aromatic N) is 3. The van der Waals surface area contributed by atoms with E-state index in [-0.39, 0.29) is 30.6 Å². The summed E-state index contributed by atoms with van der Waals surface area (Å²) < 4.78 is 5.01. The first-order valence-corrected chi connectivity index (χ1v) is 10.8. The Morgan fingerprint density at radius 1 is 1.10 bits per heavy atom. The predicted octanol–water partition coefficient (Wildman–Crippen LogP) is 2.79. The van der Waals surface area contributed by atoms with Crippen LogP contribution in [0.4, 0.5) is 15.3 Å². The molecule has 3 rings (SSSR count). The van der Waals surface area contributed by atoms with Crippen molar-refractivity contribution in [2.45, 2.75) is 45.6 Å². The van der Waals surface area contributed by atoms with Crippen LogP contribution in [-0.4, -0.2) is 73.2 Å². The normalized spacial score (nSPS) is 17.6. The lowest BCUT2D eigenvalue weighted by molar-refractivity contribution is -0.122. The fourth-order valence-corrected chi connectivity index (χ4v) is 3.88. The second kappa shape index (κ2) is 9.82. The number of carbonyl (C=O) groups is 3. The van der Waals surface area contributed by atoms with E-state index in [2.05, 4.69) is 19.2 Å². The van der Waals surface area contributed by atoms with Gasteiger partial charge in [-0.15, -0.1) is 0 Å². The van der Waals surface area contributed by atoms with Crippen LogP contribution in [0, 0.1) is 0 Å². The van der Waals surface area contributed by atoms with Crippen molar-refractivity contribution < 1.29 is 19.1 Å². The summed E-state index contributed by atoms with van der Waals surface area (Å²) in [5.41, 5.74) is 2.09. The van der Waals surface area contributed by atoms with Gasteiger partial charge >= 0.3 is 12.1 Å². The number of rotatable bonds is 6. The van der Waals surface area contributed by atoms with Crippen molar-refractivity contribution in [3.63, 3.8) is 0 Å². The number of ether oxygens (including phenoxy) is 1. The van der Waals surface area contributed by atoms with E-state index < -0.39 is 0 Å². The summed E-state index contributed by atoms with van der Waals surface area (Å²) in [7, 11) is 0. The number of piperidine rings is 1. The molecule has 0 bridgehead atoms. The van der Waals surface area contributed by atoms with Gasteiger partial charge in [-0.1, -0.05) is 26.0 Å². The van der Waals surface area contributed by atoms with Gasteiger partial charge < -0.3 is 19.9 Å². The average molecular weight is 417 g/mol. The lowest BCUT2D eigenvalue weighted by Gasteiger charge is -2.31. The van der Waals surface area contributed by atoms with Gasteiger partial charge in [0.25, 0.3) is 0 Å². The second-order valence-electron chi connectivity index (χ2n) is 8.13. The molecule has 0 unspecified atom stereocenters. The van der Waals surface area contributed by atoms with Gasteiger partial charge in [-0.2, -0.15) is 0 Å². The Hall–Kier alpha value is -2.77. The number of hydrogen-bond donors (Lipinski definition) is 1. The monoisotopic (exact) mass is 416 g/mol. The number of urea groups is 1. The van der Waals surface area contributed by atoms with Gasteiger partial charge in [0.15, 0.2) is 0 Å². The molecule has 164 valence electrons. The predicted molar refractivity (Wildman–Crippen MR) is 115 cm³/mol. The maximum absolute atomic E-state index is 12.7. The van der Waals surface area contributed by atoms with Gasteiger partial charge in [0.2, 0.25) is 5.91 Å². The average Bonchev–Trinajstić information content (AvgIpc) is 3.08. The van der Waals surface area contributed by atoms with Gasteiger partial charge in [0, 0.05) is 37.9 Å². The van der Waals surface area contributed by atoms with E-state index in [1.165, 1.54) is 5.56 Å². The van der Waals surface area contributed by atoms with Crippen molar-refractivity contribution in [2.75, 3.05) is 44.2 Å². The molecule has 2 heterocycles. The van der Waals surface area contributed by atoms with E-state index in [9.17, 15) is 14.4 Å². The SMILES string of the molecule is CCOC(=O)N1CCC(NC(=O)CN2CCN(c3ccc(C(C)C)cc3)C2=O)CC1. The smallest absolute Gasteiger partial charge is 0.409 e. The lowest BCUT2D eigenvalue weighted by atomic mass is 10.0. The third-order valence-electron chi connectivity index (χ3n) is 5.69. The first-order valence-electron chi connectivity index (χ1n) is 10.8. The van der Waals surface area contributed by atoms with Gasteiger partial charge in [0.05, 0.1) is 6.61 Å². The quantitative estimate of drug-likeness (QED) is 0.773. The Labute approximate surface area is 178 Å². The van der Waals surface area contributed by atoms with Crippen molar-refractivity contribution in [3.8, 4) is 0 Å². The number of nitrogens with one attached hydrogen (secondary N) is 1. The summed E-state index contributed by atoms with van der Waals surface area (Å²) in [5, 5.41) is 3.00. The van der Waals surface area contributed by atoms with E-state index in [1.54, 1.807) is 21.6 Å². The minimum absolute atomic E-state index is 0.0144. The molecule has 2 aliphatic rings. The van der Waals surface area contributed by atoms with Crippen LogP contribution in [0.15, 0.2) is 24.3 Å². The highest BCUT2D eigenvalue weighted by Crippen LogP contribution is 2.23. The van der Waals surface area contributed by atoms with Crippen molar-refractivity contribution >= 4 is 23.7 Å². The minimum atomic E-state index is -0.300. The molecule has 0 saturated carbocycles. The van der Waals surface area contributed by atoms with Crippen LogP contribution in [0.25, 0.3) is 0 Å². The highest BCUT2D eigenvalue weighted by Gasteiger charge is 2.32. The van der Waals surface area contributed by atoms with Crippen LogP contribution in [0.3, 0.4) is 0 Å². The fraction of sp³-hybridized carbons (Fsp3) is 0.591. The molecule has 2 fully saturated rings. The molecule has 1 N–H and O–H groups in total. The molecule has 2 aliphatic heterocycles. The Morgan fingerprint density at radius 2 is 1.77 bits per heavy atom. The molecule has 1 aromatic carbocycles. The molecule has 4 amide bonds. The Kier molecular flexibility index (Phi) is 7.18. The van der Waals surface area contributed by atoms with Crippen molar-refractivity contribution in [2.24, 2.45) is 0 Å². The first kappa shape index (κ1) is 21.9. The second-order valence-corrected chi connectivity index (χ2v) is 8.13. The topological polar surface area (TPSA) is 82.2 Å². The summed E-state index contributed by atoms with van der Waals surface area (Å²) in [6.45, 7) is 8.69. The first-order chi connectivity index (χ1) is 14.4. The molecular formula is C22H32N4O4. The summed E-state index contributed by atoms with van der Waals surface area (Å²) in [5.74, 6) is 0.285. The number of benzene rings is 1. The summed E-state index contributed by atoms with van der Waals surface area (Å²) >= 11 is 0. The highest BCUT2D eigenvalue weighted by atomic mass is 16.6. The van der Waals surface area contributed by atoms with Crippen LogP contribution < -0.4 is 10.2 Å². The Balaban J connectivity index is 1.46. The molecule has 8 heteroatoms. The fourth-order valence-electron chi connectivity index (χ4n) is 3.88. The van der Waals surface area contributed by atoms with Crippen molar-refractivity contribution in [1.82, 2.24) is 15.1 Å². The molecule has 8 nitrogen and oxygen atoms in total. The maximum atomic E-state index is 12.7. The zero-order chi connectivity index (χ0) is 21.7. The van der Waals surface area contributed by atoms with Crippen molar-refractivity contribution in [3.05, 3.63) is 29.8 Å². The van der Waals surface area contributed by atoms with Crippen LogP contribution >= 0.6 is 0 Å². The van der Waals surface area contributed by atoms with Gasteiger partial charge in [-0.25, -0.2) is 9.59 Å². The molecule has 2 saturated heterocycles. The Bertz CT molecular complexity index is 757. The van der Waals surface area contributed by atoms with Crippen LogP contribution in [0.1, 0.15) is 45.1 Å².